The number of fused-ring (bicyclic) bond motifs is 1. The van der Waals surface area contributed by atoms with Crippen LogP contribution in [0.15, 0.2) is 47.2 Å². The first-order valence-corrected chi connectivity index (χ1v) is 12.0. The van der Waals surface area contributed by atoms with Crippen molar-refractivity contribution in [1.82, 2.24) is 9.78 Å². The normalized spacial score (nSPS) is 22.7. The van der Waals surface area contributed by atoms with Crippen molar-refractivity contribution in [3.05, 3.63) is 42.3 Å². The van der Waals surface area contributed by atoms with E-state index in [1.54, 1.807) is 17.0 Å². The van der Waals surface area contributed by atoms with Crippen molar-refractivity contribution in [3.63, 3.8) is 0 Å². The van der Waals surface area contributed by atoms with Crippen LogP contribution in [0.1, 0.15) is 31.7 Å². The second-order valence-corrected chi connectivity index (χ2v) is 10.2. The molecule has 2 aliphatic rings. The topological polar surface area (TPSA) is 75.4 Å². The van der Waals surface area contributed by atoms with E-state index in [2.05, 4.69) is 5.10 Å². The predicted octanol–water partition coefficient (Wildman–Crippen LogP) is 3.99. The number of nitrogens with zero attached hydrogens (tertiary/aromatic N) is 3. The van der Waals surface area contributed by atoms with Crippen molar-refractivity contribution in [2.75, 3.05) is 24.3 Å². The molecule has 2 aromatic rings. The molecule has 1 saturated carbocycles. The number of aromatic nitrogens is 2. The molecule has 1 aromatic heterocycles. The minimum Gasteiger partial charge on any atom is -0.396 e. The number of anilines is 1. The average molecular weight is 456 g/mol. The van der Waals surface area contributed by atoms with Gasteiger partial charge in [-0.05, 0) is 49.8 Å². The van der Waals surface area contributed by atoms with Gasteiger partial charge in [0.2, 0.25) is 0 Å². The van der Waals surface area contributed by atoms with Crippen molar-refractivity contribution in [2.45, 2.75) is 42.8 Å². The molecule has 1 aliphatic heterocycles. The van der Waals surface area contributed by atoms with Gasteiger partial charge in [0.15, 0.2) is 9.84 Å². The van der Waals surface area contributed by atoms with Crippen LogP contribution in [0.3, 0.4) is 0 Å². The predicted molar refractivity (Wildman–Crippen MR) is 112 cm³/mol. The summed E-state index contributed by atoms with van der Waals surface area (Å²) in [6, 6.07) is 2.96. The fourth-order valence-electron chi connectivity index (χ4n) is 4.34. The maximum Gasteiger partial charge on any atom is 0.431 e. The highest BCUT2D eigenvalue weighted by atomic mass is 32.2. The standard InChI is InChI=1S/C21H24F3N3O3S/c1-31(29,30)19-11-17-15(12-27(25-17)16-7-5-14(13-28)6-8-16)10-18(19)26-9-3-2-4-20(26)21(22,23)24/h2-4,10-12,14,16,28H,5-9,13H2,1H3. The first-order valence-electron chi connectivity index (χ1n) is 10.1. The third-order valence-corrected chi connectivity index (χ3v) is 7.13. The molecule has 6 nitrogen and oxygen atoms in total. The summed E-state index contributed by atoms with van der Waals surface area (Å²) in [6.45, 7) is 0.0763. The molecule has 0 spiro atoms. The van der Waals surface area contributed by atoms with Crippen LogP contribution < -0.4 is 4.90 Å². The van der Waals surface area contributed by atoms with E-state index in [0.29, 0.717) is 10.9 Å². The third kappa shape index (κ3) is 4.36. The van der Waals surface area contributed by atoms with Crippen LogP contribution >= 0.6 is 0 Å². The highest BCUT2D eigenvalue weighted by molar-refractivity contribution is 7.90. The number of alkyl halides is 3. The Kier molecular flexibility index (Phi) is 5.63. The Morgan fingerprint density at radius 1 is 1.19 bits per heavy atom. The lowest BCUT2D eigenvalue weighted by atomic mass is 9.87. The molecule has 0 bridgehead atoms. The van der Waals surface area contributed by atoms with Crippen molar-refractivity contribution in [2.24, 2.45) is 5.92 Å². The number of aliphatic hydroxyl groups excluding tert-OH is 1. The minimum atomic E-state index is -4.62. The van der Waals surface area contributed by atoms with Crippen molar-refractivity contribution < 1.29 is 26.7 Å². The van der Waals surface area contributed by atoms with Gasteiger partial charge >= 0.3 is 6.18 Å². The van der Waals surface area contributed by atoms with E-state index < -0.39 is 21.7 Å². The molecular formula is C21H24F3N3O3S. The summed E-state index contributed by atoms with van der Waals surface area (Å²) in [7, 11) is -3.81. The summed E-state index contributed by atoms with van der Waals surface area (Å²) in [6.07, 6.45) is 5.37. The van der Waals surface area contributed by atoms with Gasteiger partial charge in [-0.15, -0.1) is 0 Å². The van der Waals surface area contributed by atoms with Crippen LogP contribution in [-0.2, 0) is 9.84 Å². The highest BCUT2D eigenvalue weighted by Gasteiger charge is 2.39. The smallest absolute Gasteiger partial charge is 0.396 e. The monoisotopic (exact) mass is 455 g/mol. The number of rotatable bonds is 4. The molecule has 0 atom stereocenters. The maximum absolute atomic E-state index is 13.6. The van der Waals surface area contributed by atoms with Gasteiger partial charge in [-0.2, -0.15) is 18.3 Å². The Balaban J connectivity index is 1.78. The van der Waals surface area contributed by atoms with Crippen LogP contribution in [0.5, 0.6) is 0 Å². The van der Waals surface area contributed by atoms with Gasteiger partial charge in [-0.3, -0.25) is 4.68 Å². The van der Waals surface area contributed by atoms with E-state index in [1.807, 2.05) is 0 Å². The minimum absolute atomic E-state index is 0.00790. The maximum atomic E-state index is 13.6. The molecule has 1 aliphatic carbocycles. The molecule has 0 radical (unpaired) electrons. The lowest BCUT2D eigenvalue weighted by Crippen LogP contribution is -2.34. The van der Waals surface area contributed by atoms with Gasteiger partial charge in [0.05, 0.1) is 22.1 Å². The molecule has 0 amide bonds. The summed E-state index contributed by atoms with van der Waals surface area (Å²) in [4.78, 5) is 0.805. The zero-order chi connectivity index (χ0) is 22.4. The van der Waals surface area contributed by atoms with E-state index >= 15 is 0 Å². The summed E-state index contributed by atoms with van der Waals surface area (Å²) >= 11 is 0. The van der Waals surface area contributed by atoms with Crippen LogP contribution in [-0.4, -0.2) is 48.9 Å². The number of hydrogen-bond acceptors (Lipinski definition) is 5. The number of sulfone groups is 1. The van der Waals surface area contributed by atoms with E-state index in [0.717, 1.165) is 42.9 Å². The Morgan fingerprint density at radius 2 is 1.90 bits per heavy atom. The zero-order valence-electron chi connectivity index (χ0n) is 17.0. The van der Waals surface area contributed by atoms with E-state index in [4.69, 9.17) is 0 Å². The first-order chi connectivity index (χ1) is 14.6. The first kappa shape index (κ1) is 21.9. The second-order valence-electron chi connectivity index (χ2n) is 8.21. The van der Waals surface area contributed by atoms with Crippen molar-refractivity contribution >= 4 is 26.4 Å². The zero-order valence-corrected chi connectivity index (χ0v) is 17.8. The lowest BCUT2D eigenvalue weighted by molar-refractivity contribution is -0.0933. The molecule has 31 heavy (non-hydrogen) atoms. The molecular weight excluding hydrogens is 431 g/mol. The summed E-state index contributed by atoms with van der Waals surface area (Å²) in [5.74, 6) is 0.282. The molecule has 1 aromatic carbocycles. The van der Waals surface area contributed by atoms with Gasteiger partial charge in [0, 0.05) is 31.0 Å². The molecule has 2 heterocycles. The summed E-state index contributed by atoms with van der Waals surface area (Å²) in [5.41, 5.74) is -0.487. The third-order valence-electron chi connectivity index (χ3n) is 6.00. The molecule has 0 saturated heterocycles. The van der Waals surface area contributed by atoms with E-state index in [9.17, 15) is 26.7 Å². The van der Waals surface area contributed by atoms with Gasteiger partial charge in [-0.25, -0.2) is 8.42 Å². The van der Waals surface area contributed by atoms with Gasteiger partial charge < -0.3 is 10.0 Å². The second kappa shape index (κ2) is 7.98. The lowest BCUT2D eigenvalue weighted by Gasteiger charge is -2.30. The van der Waals surface area contributed by atoms with Crippen LogP contribution in [0, 0.1) is 5.92 Å². The Hall–Kier alpha value is -2.33. The number of hydrogen-bond donors (Lipinski definition) is 1. The Morgan fingerprint density at radius 3 is 2.52 bits per heavy atom. The largest absolute Gasteiger partial charge is 0.431 e. The average Bonchev–Trinajstić information content (AvgIpc) is 3.15. The SMILES string of the molecule is CS(=O)(=O)c1cc2nn(C3CCC(CO)CC3)cc2cc1N1CC=CC=C1C(F)(F)F. The van der Waals surface area contributed by atoms with Gasteiger partial charge in [-0.1, -0.05) is 12.2 Å². The van der Waals surface area contributed by atoms with Crippen LogP contribution in [0.4, 0.5) is 18.9 Å². The fourth-order valence-corrected chi connectivity index (χ4v) is 5.21. The summed E-state index contributed by atoms with van der Waals surface area (Å²) in [5, 5.41) is 14.5. The molecule has 1 N–H and O–H groups in total. The molecule has 0 unspecified atom stereocenters. The Labute approximate surface area is 178 Å². The fraction of sp³-hybridized carbons (Fsp3) is 0.476. The quantitative estimate of drug-likeness (QED) is 0.755. The molecule has 4 rings (SSSR count). The molecule has 1 fully saturated rings. The Bertz CT molecular complexity index is 1140. The van der Waals surface area contributed by atoms with Crippen molar-refractivity contribution in [3.8, 4) is 0 Å². The van der Waals surface area contributed by atoms with Gasteiger partial charge in [0.1, 0.15) is 5.70 Å². The van der Waals surface area contributed by atoms with Gasteiger partial charge in [0.25, 0.3) is 0 Å². The summed E-state index contributed by atoms with van der Waals surface area (Å²) < 4.78 is 67.5. The number of aliphatic hydroxyl groups is 1. The van der Waals surface area contributed by atoms with E-state index in [1.165, 1.54) is 18.2 Å². The highest BCUT2D eigenvalue weighted by Crippen LogP contribution is 2.39. The van der Waals surface area contributed by atoms with Crippen LogP contribution in [0.2, 0.25) is 0 Å². The van der Waals surface area contributed by atoms with E-state index in [-0.39, 0.29) is 35.7 Å². The van der Waals surface area contributed by atoms with Crippen molar-refractivity contribution in [1.29, 1.82) is 0 Å². The molecule has 10 heteroatoms. The van der Waals surface area contributed by atoms with Crippen LogP contribution in [0.25, 0.3) is 10.9 Å². The number of halogens is 3. The number of allylic oxidation sites excluding steroid dienone is 3. The number of benzene rings is 1. The molecule has 168 valence electrons.